The van der Waals surface area contributed by atoms with E-state index in [4.69, 9.17) is 15.9 Å². The zero-order valence-corrected chi connectivity index (χ0v) is 10.0. The summed E-state index contributed by atoms with van der Waals surface area (Å²) in [4.78, 5) is 4.10. The van der Waals surface area contributed by atoms with Gasteiger partial charge in [0.25, 0.3) is 0 Å². The molecule has 1 aromatic heterocycles. The highest BCUT2D eigenvalue weighted by molar-refractivity contribution is 5.96. The topological polar surface area (TPSA) is 72.0 Å². The van der Waals surface area contributed by atoms with E-state index in [0.29, 0.717) is 17.4 Å². The van der Waals surface area contributed by atoms with E-state index in [1.54, 1.807) is 18.3 Å². The molecular weight excluding hydrogens is 202 g/mol. The predicted molar refractivity (Wildman–Crippen MR) is 64.8 cm³/mol. The van der Waals surface area contributed by atoms with Crippen molar-refractivity contribution in [3.63, 3.8) is 0 Å². The lowest BCUT2D eigenvalue weighted by Crippen LogP contribution is -2.19. The molecule has 0 saturated heterocycles. The predicted octanol–water partition coefficient (Wildman–Crippen LogP) is 2.18. The molecule has 0 bridgehead atoms. The van der Waals surface area contributed by atoms with Gasteiger partial charge in [0.2, 0.25) is 5.88 Å². The minimum Gasteiger partial charge on any atom is -0.474 e. The fourth-order valence-corrected chi connectivity index (χ4v) is 1.59. The minimum absolute atomic E-state index is 0.0140. The van der Waals surface area contributed by atoms with Crippen LogP contribution in [-0.4, -0.2) is 16.9 Å². The average Bonchev–Trinajstić information content (AvgIpc) is 2.16. The standard InChI is InChI=1S/C12H19N3O/c1-8(2)7-9(3)16-12-10(11(13)14)5-4-6-15-12/h4-6,8-9H,7H2,1-3H3,(H3,13,14). The van der Waals surface area contributed by atoms with Gasteiger partial charge in [-0.05, 0) is 31.4 Å². The Morgan fingerprint density at radius 2 is 2.19 bits per heavy atom. The second-order valence-electron chi connectivity index (χ2n) is 4.33. The summed E-state index contributed by atoms with van der Waals surface area (Å²) in [5.74, 6) is 1.00. The van der Waals surface area contributed by atoms with Crippen LogP contribution in [0.3, 0.4) is 0 Å². The highest BCUT2D eigenvalue weighted by Gasteiger charge is 2.12. The summed E-state index contributed by atoms with van der Waals surface area (Å²) in [6, 6.07) is 3.49. The van der Waals surface area contributed by atoms with E-state index >= 15 is 0 Å². The van der Waals surface area contributed by atoms with Crippen molar-refractivity contribution in [3.8, 4) is 5.88 Å². The van der Waals surface area contributed by atoms with Crippen LogP contribution in [-0.2, 0) is 0 Å². The fraction of sp³-hybridized carbons (Fsp3) is 0.500. The van der Waals surface area contributed by atoms with E-state index in [1.165, 1.54) is 0 Å². The first-order chi connectivity index (χ1) is 7.50. The van der Waals surface area contributed by atoms with Gasteiger partial charge in [-0.1, -0.05) is 13.8 Å². The number of hydrogen-bond acceptors (Lipinski definition) is 3. The van der Waals surface area contributed by atoms with Gasteiger partial charge in [-0.3, -0.25) is 5.41 Å². The highest BCUT2D eigenvalue weighted by atomic mass is 16.5. The first-order valence-electron chi connectivity index (χ1n) is 5.46. The SMILES string of the molecule is CC(C)CC(C)Oc1ncccc1C(=N)N. The van der Waals surface area contributed by atoms with Crippen molar-refractivity contribution in [2.75, 3.05) is 0 Å². The number of amidine groups is 1. The van der Waals surface area contributed by atoms with Crippen LogP contribution in [0.4, 0.5) is 0 Å². The summed E-state index contributed by atoms with van der Waals surface area (Å²) in [6.45, 7) is 6.28. The van der Waals surface area contributed by atoms with Crippen molar-refractivity contribution in [1.82, 2.24) is 4.98 Å². The van der Waals surface area contributed by atoms with Gasteiger partial charge in [0, 0.05) is 6.20 Å². The molecule has 4 heteroatoms. The van der Waals surface area contributed by atoms with Crippen molar-refractivity contribution in [2.24, 2.45) is 11.7 Å². The molecular formula is C12H19N3O. The number of pyridine rings is 1. The van der Waals surface area contributed by atoms with Crippen LogP contribution >= 0.6 is 0 Å². The maximum atomic E-state index is 7.42. The number of rotatable bonds is 5. The lowest BCUT2D eigenvalue weighted by Gasteiger charge is -2.17. The summed E-state index contributed by atoms with van der Waals surface area (Å²) in [6.07, 6.45) is 2.67. The van der Waals surface area contributed by atoms with E-state index in [1.807, 2.05) is 6.92 Å². The third-order valence-corrected chi connectivity index (χ3v) is 2.18. The molecule has 0 spiro atoms. The van der Waals surface area contributed by atoms with Gasteiger partial charge < -0.3 is 10.5 Å². The number of nitrogens with zero attached hydrogens (tertiary/aromatic N) is 1. The molecule has 0 amide bonds. The van der Waals surface area contributed by atoms with E-state index < -0.39 is 0 Å². The van der Waals surface area contributed by atoms with E-state index in [2.05, 4.69) is 18.8 Å². The summed E-state index contributed by atoms with van der Waals surface area (Å²) >= 11 is 0. The van der Waals surface area contributed by atoms with Crippen molar-refractivity contribution < 1.29 is 4.74 Å². The van der Waals surface area contributed by atoms with Crippen LogP contribution < -0.4 is 10.5 Å². The van der Waals surface area contributed by atoms with Crippen LogP contribution in [0.2, 0.25) is 0 Å². The molecule has 0 saturated carbocycles. The van der Waals surface area contributed by atoms with Crippen molar-refractivity contribution in [2.45, 2.75) is 33.3 Å². The Balaban J connectivity index is 2.76. The van der Waals surface area contributed by atoms with E-state index in [-0.39, 0.29) is 11.9 Å². The molecule has 0 fully saturated rings. The van der Waals surface area contributed by atoms with Crippen molar-refractivity contribution in [3.05, 3.63) is 23.9 Å². The molecule has 88 valence electrons. The first-order valence-corrected chi connectivity index (χ1v) is 5.46. The van der Waals surface area contributed by atoms with Gasteiger partial charge in [-0.25, -0.2) is 4.98 Å². The van der Waals surface area contributed by atoms with Crippen LogP contribution in [0, 0.1) is 11.3 Å². The molecule has 1 atom stereocenters. The van der Waals surface area contributed by atoms with Gasteiger partial charge in [-0.2, -0.15) is 0 Å². The van der Waals surface area contributed by atoms with Crippen LogP contribution in [0.5, 0.6) is 5.88 Å². The Morgan fingerprint density at radius 1 is 1.50 bits per heavy atom. The van der Waals surface area contributed by atoms with Gasteiger partial charge in [0.05, 0.1) is 11.7 Å². The third kappa shape index (κ3) is 3.53. The third-order valence-electron chi connectivity index (χ3n) is 2.18. The smallest absolute Gasteiger partial charge is 0.224 e. The number of nitrogens with one attached hydrogen (secondary N) is 1. The molecule has 16 heavy (non-hydrogen) atoms. The largest absolute Gasteiger partial charge is 0.474 e. The summed E-state index contributed by atoms with van der Waals surface area (Å²) in [5.41, 5.74) is 6.01. The molecule has 0 radical (unpaired) electrons. The Bertz CT molecular complexity index is 363. The minimum atomic E-state index is -0.0140. The molecule has 4 nitrogen and oxygen atoms in total. The van der Waals surface area contributed by atoms with E-state index in [9.17, 15) is 0 Å². The molecule has 1 heterocycles. The maximum absolute atomic E-state index is 7.42. The monoisotopic (exact) mass is 221 g/mol. The Hall–Kier alpha value is -1.58. The van der Waals surface area contributed by atoms with Gasteiger partial charge in [0.15, 0.2) is 0 Å². The quantitative estimate of drug-likeness (QED) is 0.591. The number of nitrogen functional groups attached to an aromatic ring is 1. The van der Waals surface area contributed by atoms with Gasteiger partial charge in [-0.15, -0.1) is 0 Å². The first kappa shape index (κ1) is 12.5. The molecule has 1 rings (SSSR count). The van der Waals surface area contributed by atoms with Crippen LogP contribution in [0.1, 0.15) is 32.8 Å². The zero-order valence-electron chi connectivity index (χ0n) is 10.0. The molecule has 1 aromatic rings. The average molecular weight is 221 g/mol. The van der Waals surface area contributed by atoms with Gasteiger partial charge >= 0.3 is 0 Å². The van der Waals surface area contributed by atoms with Crippen LogP contribution in [0.15, 0.2) is 18.3 Å². The summed E-state index contributed by atoms with van der Waals surface area (Å²) < 4.78 is 5.69. The highest BCUT2D eigenvalue weighted by Crippen LogP contribution is 2.17. The normalized spacial score (nSPS) is 12.5. The second-order valence-corrected chi connectivity index (χ2v) is 4.33. The molecule has 3 N–H and O–H groups in total. The van der Waals surface area contributed by atoms with E-state index in [0.717, 1.165) is 6.42 Å². The molecule has 0 aromatic carbocycles. The molecule has 1 unspecified atom stereocenters. The maximum Gasteiger partial charge on any atom is 0.224 e. The van der Waals surface area contributed by atoms with Gasteiger partial charge in [0.1, 0.15) is 5.84 Å². The van der Waals surface area contributed by atoms with Crippen molar-refractivity contribution >= 4 is 5.84 Å². The lowest BCUT2D eigenvalue weighted by molar-refractivity contribution is 0.185. The Morgan fingerprint density at radius 3 is 2.75 bits per heavy atom. The number of ether oxygens (including phenoxy) is 1. The molecule has 0 aliphatic carbocycles. The Labute approximate surface area is 96.3 Å². The number of nitrogens with two attached hydrogens (primary N) is 1. The zero-order chi connectivity index (χ0) is 12.1. The Kier molecular flexibility index (Phi) is 4.28. The summed E-state index contributed by atoms with van der Waals surface area (Å²) in [5, 5.41) is 7.42. The second kappa shape index (κ2) is 5.49. The molecule has 0 aliphatic rings. The van der Waals surface area contributed by atoms with Crippen molar-refractivity contribution in [1.29, 1.82) is 5.41 Å². The lowest BCUT2D eigenvalue weighted by atomic mass is 10.1. The van der Waals surface area contributed by atoms with Crippen LogP contribution in [0.25, 0.3) is 0 Å². The fourth-order valence-electron chi connectivity index (χ4n) is 1.59. The molecule has 0 aliphatic heterocycles. The number of aromatic nitrogens is 1. The number of hydrogen-bond donors (Lipinski definition) is 2. The summed E-state index contributed by atoms with van der Waals surface area (Å²) in [7, 11) is 0.